The van der Waals surface area contributed by atoms with E-state index in [2.05, 4.69) is 4.98 Å². The van der Waals surface area contributed by atoms with Gasteiger partial charge in [-0.2, -0.15) is 0 Å². The van der Waals surface area contributed by atoms with Crippen LogP contribution in [-0.4, -0.2) is 51.2 Å². The topological polar surface area (TPSA) is 90.7 Å². The van der Waals surface area contributed by atoms with Crippen molar-refractivity contribution in [3.8, 4) is 0 Å². The third kappa shape index (κ3) is 3.10. The fraction of sp³-hybridized carbons (Fsp3) is 0.583. The molecule has 7 heteroatoms. The molecule has 2 N–H and O–H groups in total. The Morgan fingerprint density at radius 3 is 2.63 bits per heavy atom. The van der Waals surface area contributed by atoms with Crippen LogP contribution >= 0.6 is 11.3 Å². The Morgan fingerprint density at radius 1 is 1.42 bits per heavy atom. The number of aliphatic hydroxyl groups is 1. The molecule has 0 radical (unpaired) electrons. The molecule has 6 nitrogen and oxygen atoms in total. The van der Waals surface area contributed by atoms with Gasteiger partial charge in [-0.25, -0.2) is 9.78 Å². The molecule has 1 heterocycles. The van der Waals surface area contributed by atoms with E-state index in [4.69, 9.17) is 10.2 Å². The fourth-order valence-corrected chi connectivity index (χ4v) is 3.11. The lowest BCUT2D eigenvalue weighted by molar-refractivity contribution is 0.0637. The van der Waals surface area contributed by atoms with E-state index in [1.54, 1.807) is 4.90 Å². The molecule has 1 fully saturated rings. The van der Waals surface area contributed by atoms with Crippen molar-refractivity contribution in [1.82, 2.24) is 9.88 Å². The monoisotopic (exact) mass is 284 g/mol. The van der Waals surface area contributed by atoms with Gasteiger partial charge in [-0.3, -0.25) is 4.79 Å². The van der Waals surface area contributed by atoms with Crippen molar-refractivity contribution in [2.24, 2.45) is 0 Å². The van der Waals surface area contributed by atoms with Gasteiger partial charge in [0, 0.05) is 18.0 Å². The predicted molar refractivity (Wildman–Crippen MR) is 69.5 cm³/mol. The van der Waals surface area contributed by atoms with Crippen LogP contribution in [0.15, 0.2) is 5.38 Å². The number of carboxylic acids is 1. The molecule has 0 aromatic carbocycles. The van der Waals surface area contributed by atoms with E-state index >= 15 is 0 Å². The molecule has 104 valence electrons. The first-order valence-corrected chi connectivity index (χ1v) is 7.12. The zero-order chi connectivity index (χ0) is 13.8. The summed E-state index contributed by atoms with van der Waals surface area (Å²) in [6, 6.07) is 0.136. The number of hydrogen-bond acceptors (Lipinski definition) is 5. The van der Waals surface area contributed by atoms with Gasteiger partial charge < -0.3 is 15.1 Å². The maximum Gasteiger partial charge on any atom is 0.355 e. The molecule has 0 unspecified atom stereocenters. The summed E-state index contributed by atoms with van der Waals surface area (Å²) in [6.07, 6.45) is 4.03. The minimum Gasteiger partial charge on any atom is -0.476 e. The van der Waals surface area contributed by atoms with Crippen LogP contribution in [0.2, 0.25) is 0 Å². The average Bonchev–Trinajstić information content (AvgIpc) is 3.05. The van der Waals surface area contributed by atoms with Crippen LogP contribution in [0.1, 0.15) is 46.0 Å². The van der Waals surface area contributed by atoms with E-state index in [1.807, 2.05) is 0 Å². The Labute approximate surface area is 114 Å². The highest BCUT2D eigenvalue weighted by molar-refractivity contribution is 7.11. The molecule has 0 saturated heterocycles. The second kappa shape index (κ2) is 6.12. The predicted octanol–water partition coefficient (Wildman–Crippen LogP) is 1.22. The smallest absolute Gasteiger partial charge is 0.355 e. The van der Waals surface area contributed by atoms with Gasteiger partial charge in [0.15, 0.2) is 10.7 Å². The number of hydrogen-bond donors (Lipinski definition) is 2. The van der Waals surface area contributed by atoms with Gasteiger partial charge in [0.2, 0.25) is 0 Å². The van der Waals surface area contributed by atoms with Crippen molar-refractivity contribution in [2.45, 2.75) is 31.7 Å². The lowest BCUT2D eigenvalue weighted by Crippen LogP contribution is -2.40. The summed E-state index contributed by atoms with van der Waals surface area (Å²) in [6.45, 7) is 0.172. The van der Waals surface area contributed by atoms with Crippen LogP contribution < -0.4 is 0 Å². The van der Waals surface area contributed by atoms with Crippen LogP contribution in [0.3, 0.4) is 0 Å². The van der Waals surface area contributed by atoms with Crippen molar-refractivity contribution in [1.29, 1.82) is 0 Å². The highest BCUT2D eigenvalue weighted by Gasteiger charge is 2.29. The van der Waals surface area contributed by atoms with Gasteiger partial charge in [0.1, 0.15) is 0 Å². The van der Waals surface area contributed by atoms with Crippen molar-refractivity contribution >= 4 is 23.2 Å². The number of aromatic nitrogens is 1. The number of carbonyl (C=O) groups excluding carboxylic acids is 1. The van der Waals surface area contributed by atoms with Crippen LogP contribution in [0.5, 0.6) is 0 Å². The Hall–Kier alpha value is -1.47. The van der Waals surface area contributed by atoms with E-state index in [0.29, 0.717) is 0 Å². The number of amides is 1. The molecular formula is C12H16N2O4S. The van der Waals surface area contributed by atoms with E-state index in [-0.39, 0.29) is 35.8 Å². The first-order valence-electron chi connectivity index (χ1n) is 6.24. The number of nitrogens with zero attached hydrogens (tertiary/aromatic N) is 2. The van der Waals surface area contributed by atoms with Crippen molar-refractivity contribution in [3.05, 3.63) is 16.1 Å². The van der Waals surface area contributed by atoms with Gasteiger partial charge in [0.25, 0.3) is 5.91 Å². The molecule has 1 aliphatic carbocycles. The van der Waals surface area contributed by atoms with Crippen molar-refractivity contribution in [3.63, 3.8) is 0 Å². The number of aromatic carboxylic acids is 1. The van der Waals surface area contributed by atoms with Crippen LogP contribution in [0.4, 0.5) is 0 Å². The van der Waals surface area contributed by atoms with E-state index in [0.717, 1.165) is 37.0 Å². The number of thiazole rings is 1. The van der Waals surface area contributed by atoms with Gasteiger partial charge >= 0.3 is 5.97 Å². The molecule has 0 bridgehead atoms. The molecule has 1 aliphatic rings. The number of rotatable bonds is 5. The molecule has 0 atom stereocenters. The summed E-state index contributed by atoms with van der Waals surface area (Å²) in [4.78, 5) is 28.5. The largest absolute Gasteiger partial charge is 0.476 e. The van der Waals surface area contributed by atoms with Crippen LogP contribution in [-0.2, 0) is 0 Å². The Morgan fingerprint density at radius 2 is 2.11 bits per heavy atom. The summed E-state index contributed by atoms with van der Waals surface area (Å²) in [7, 11) is 0. The first kappa shape index (κ1) is 14.0. The van der Waals surface area contributed by atoms with E-state index in [9.17, 15) is 9.59 Å². The lowest BCUT2D eigenvalue weighted by atomic mass is 10.2. The van der Waals surface area contributed by atoms with Crippen molar-refractivity contribution < 1.29 is 19.8 Å². The molecule has 2 rings (SSSR count). The molecule has 0 aliphatic heterocycles. The van der Waals surface area contributed by atoms with Gasteiger partial charge in [0.05, 0.1) is 6.61 Å². The lowest BCUT2D eigenvalue weighted by Gasteiger charge is -2.27. The first-order chi connectivity index (χ1) is 9.13. The Balaban J connectivity index is 2.15. The highest BCUT2D eigenvalue weighted by atomic mass is 32.1. The molecular weight excluding hydrogens is 268 g/mol. The highest BCUT2D eigenvalue weighted by Crippen LogP contribution is 2.25. The quantitative estimate of drug-likeness (QED) is 0.848. The zero-order valence-electron chi connectivity index (χ0n) is 10.4. The summed E-state index contributed by atoms with van der Waals surface area (Å²) < 4.78 is 0. The maximum absolute atomic E-state index is 12.3. The van der Waals surface area contributed by atoms with Gasteiger partial charge in [-0.05, 0) is 12.8 Å². The normalized spacial score (nSPS) is 15.6. The molecule has 0 spiro atoms. The molecule has 1 aromatic heterocycles. The van der Waals surface area contributed by atoms with E-state index in [1.165, 1.54) is 5.38 Å². The number of carbonyl (C=O) groups is 2. The molecule has 19 heavy (non-hydrogen) atoms. The Bertz CT molecular complexity index is 468. The zero-order valence-corrected chi connectivity index (χ0v) is 11.2. The number of carboxylic acid groups (broad SMARTS) is 1. The van der Waals surface area contributed by atoms with E-state index < -0.39 is 5.97 Å². The van der Waals surface area contributed by atoms with Gasteiger partial charge in [-0.1, -0.05) is 12.8 Å². The number of aliphatic hydroxyl groups excluding tert-OH is 1. The fourth-order valence-electron chi connectivity index (χ4n) is 2.37. The molecule has 1 amide bonds. The minimum atomic E-state index is -1.13. The van der Waals surface area contributed by atoms with Gasteiger partial charge in [-0.15, -0.1) is 11.3 Å². The van der Waals surface area contributed by atoms with Crippen LogP contribution in [0.25, 0.3) is 0 Å². The third-order valence-electron chi connectivity index (χ3n) is 3.27. The minimum absolute atomic E-state index is 0.0978. The third-order valence-corrected chi connectivity index (χ3v) is 4.10. The Kier molecular flexibility index (Phi) is 4.49. The summed E-state index contributed by atoms with van der Waals surface area (Å²) in [5.41, 5.74) is -0.108. The standard InChI is InChI=1S/C12H16N2O4S/c15-6-5-14(8-3-1-2-4-8)11(16)10-13-9(7-19-10)12(17)18/h7-8,15H,1-6H2,(H,17,18). The summed E-state index contributed by atoms with van der Waals surface area (Å²) in [5.74, 6) is -1.41. The van der Waals surface area contributed by atoms with Crippen LogP contribution in [0, 0.1) is 0 Å². The average molecular weight is 284 g/mol. The second-order valence-corrected chi connectivity index (χ2v) is 5.36. The summed E-state index contributed by atoms with van der Waals surface area (Å²) in [5, 5.41) is 19.4. The molecule has 1 aromatic rings. The maximum atomic E-state index is 12.3. The van der Waals surface area contributed by atoms with Crippen molar-refractivity contribution in [2.75, 3.05) is 13.2 Å². The summed E-state index contributed by atoms with van der Waals surface area (Å²) >= 11 is 1.03. The SMILES string of the molecule is O=C(O)c1csc(C(=O)N(CCO)C2CCCC2)n1. The molecule has 1 saturated carbocycles. The second-order valence-electron chi connectivity index (χ2n) is 4.50.